The van der Waals surface area contributed by atoms with Crippen LogP contribution in [-0.4, -0.2) is 36.4 Å². The second-order valence-electron chi connectivity index (χ2n) is 12.6. The van der Waals surface area contributed by atoms with Gasteiger partial charge in [-0.25, -0.2) is 0 Å². The van der Waals surface area contributed by atoms with Crippen LogP contribution < -0.4 is 0 Å². The van der Waals surface area contributed by atoms with E-state index < -0.39 is 6.10 Å². The van der Waals surface area contributed by atoms with E-state index in [1.54, 1.807) is 0 Å². The number of aliphatic hydroxyl groups is 1. The summed E-state index contributed by atoms with van der Waals surface area (Å²) in [5.41, 5.74) is 0. The Labute approximate surface area is 307 Å². The Bertz CT molecular complexity index is 1010. The van der Waals surface area contributed by atoms with Crippen LogP contribution in [0.3, 0.4) is 0 Å². The van der Waals surface area contributed by atoms with Gasteiger partial charge in [0.2, 0.25) is 0 Å². The van der Waals surface area contributed by atoms with Crippen molar-refractivity contribution >= 4 is 11.9 Å². The fraction of sp³-hybridized carbons (Fsp3) is 0.600. The minimum absolute atomic E-state index is 0.0911. The van der Waals surface area contributed by atoms with Gasteiger partial charge < -0.3 is 14.6 Å². The summed E-state index contributed by atoms with van der Waals surface area (Å²) >= 11 is 0. The molecule has 0 aliphatic heterocycles. The molecular weight excluding hydrogens is 620 g/mol. The highest BCUT2D eigenvalue weighted by atomic mass is 16.6. The van der Waals surface area contributed by atoms with Gasteiger partial charge in [-0.3, -0.25) is 9.59 Å². The molecule has 0 rings (SSSR count). The molecule has 0 fully saturated rings. The van der Waals surface area contributed by atoms with Crippen LogP contribution in [0.4, 0.5) is 0 Å². The monoisotopic (exact) mass is 693 g/mol. The maximum Gasteiger partial charge on any atom is 0.306 e. The molecule has 0 spiro atoms. The Kier molecular flexibility index (Phi) is 37.7. The summed E-state index contributed by atoms with van der Waals surface area (Å²) in [6, 6.07) is 0. The molecule has 1 N–H and O–H groups in total. The van der Waals surface area contributed by atoms with Crippen molar-refractivity contribution in [3.05, 3.63) is 97.2 Å². The second kappa shape index (κ2) is 40.3. The van der Waals surface area contributed by atoms with Crippen LogP contribution in [0, 0.1) is 0 Å². The third-order valence-electron chi connectivity index (χ3n) is 7.87. The first-order valence-corrected chi connectivity index (χ1v) is 19.8. The number of carbonyl (C=O) groups is 2. The molecule has 282 valence electrons. The SMILES string of the molecule is CC/C=C\C/C=C\C/C=C\C/C=C\C/C=C\CCCCCC(=O)OC(CO)COC(=O)CCCCCCCCC/C=C\C/C=C\C/C=C\CC. The van der Waals surface area contributed by atoms with Crippen molar-refractivity contribution < 1.29 is 24.2 Å². The molecular formula is C45H72O5. The topological polar surface area (TPSA) is 72.8 Å². The number of ether oxygens (including phenoxy) is 2. The minimum Gasteiger partial charge on any atom is -0.462 e. The van der Waals surface area contributed by atoms with Crippen LogP contribution in [0.15, 0.2) is 97.2 Å². The molecule has 0 saturated carbocycles. The summed E-state index contributed by atoms with van der Waals surface area (Å²) in [7, 11) is 0. The first kappa shape index (κ1) is 46.8. The van der Waals surface area contributed by atoms with Gasteiger partial charge in [-0.1, -0.05) is 150 Å². The number of aliphatic hydroxyl groups excluding tert-OH is 1. The Morgan fingerprint density at radius 1 is 0.460 bits per heavy atom. The van der Waals surface area contributed by atoms with Gasteiger partial charge in [0.15, 0.2) is 6.10 Å². The molecule has 1 unspecified atom stereocenters. The van der Waals surface area contributed by atoms with Crippen molar-refractivity contribution in [2.24, 2.45) is 0 Å². The highest BCUT2D eigenvalue weighted by molar-refractivity contribution is 5.70. The number of unbranched alkanes of at least 4 members (excludes halogenated alkanes) is 10. The molecule has 0 aliphatic rings. The quantitative estimate of drug-likeness (QED) is 0.0413. The summed E-state index contributed by atoms with van der Waals surface area (Å²) in [6.45, 7) is 3.86. The average Bonchev–Trinajstić information content (AvgIpc) is 3.12. The van der Waals surface area contributed by atoms with Crippen molar-refractivity contribution in [2.75, 3.05) is 13.2 Å². The molecule has 0 heterocycles. The van der Waals surface area contributed by atoms with E-state index in [-0.39, 0.29) is 25.2 Å². The molecule has 1 atom stereocenters. The van der Waals surface area contributed by atoms with Gasteiger partial charge >= 0.3 is 11.9 Å². The van der Waals surface area contributed by atoms with E-state index >= 15 is 0 Å². The van der Waals surface area contributed by atoms with Crippen LogP contribution in [0.1, 0.15) is 155 Å². The molecule has 0 aliphatic carbocycles. The van der Waals surface area contributed by atoms with E-state index in [9.17, 15) is 14.7 Å². The van der Waals surface area contributed by atoms with Crippen LogP contribution in [-0.2, 0) is 19.1 Å². The van der Waals surface area contributed by atoms with Crippen molar-refractivity contribution in [3.8, 4) is 0 Å². The lowest BCUT2D eigenvalue weighted by Crippen LogP contribution is -2.28. The zero-order valence-corrected chi connectivity index (χ0v) is 31.9. The van der Waals surface area contributed by atoms with Gasteiger partial charge in [0.05, 0.1) is 6.61 Å². The average molecular weight is 693 g/mol. The normalized spacial score (nSPS) is 13.3. The maximum atomic E-state index is 12.2. The van der Waals surface area contributed by atoms with Gasteiger partial charge in [-0.15, -0.1) is 0 Å². The van der Waals surface area contributed by atoms with E-state index in [0.29, 0.717) is 12.8 Å². The zero-order chi connectivity index (χ0) is 36.4. The van der Waals surface area contributed by atoms with E-state index in [4.69, 9.17) is 9.47 Å². The standard InChI is InChI=1S/C45H72O5/c1-3-5-7-9-11-13-15-17-19-21-22-24-26-28-30-32-34-36-38-40-45(48)50-43(41-46)42-49-44(47)39-37-35-33-31-29-27-25-23-20-18-16-14-12-10-8-6-4-2/h5-8,11-14,17-20,22,24,28,30,43,46H,3-4,9-10,15-16,21,23,25-27,29,31-42H2,1-2H3/b7-5-,8-6-,13-11-,14-12-,19-17-,20-18-,24-22-,30-28-. The van der Waals surface area contributed by atoms with Gasteiger partial charge in [-0.05, 0) is 89.9 Å². The first-order chi connectivity index (χ1) is 24.6. The highest BCUT2D eigenvalue weighted by Gasteiger charge is 2.16. The van der Waals surface area contributed by atoms with Gasteiger partial charge in [-0.2, -0.15) is 0 Å². The maximum absolute atomic E-state index is 12.2. The molecule has 0 aromatic rings. The molecule has 0 aromatic carbocycles. The van der Waals surface area contributed by atoms with Crippen molar-refractivity contribution in [1.82, 2.24) is 0 Å². The van der Waals surface area contributed by atoms with Crippen LogP contribution in [0.2, 0.25) is 0 Å². The van der Waals surface area contributed by atoms with Crippen LogP contribution in [0.25, 0.3) is 0 Å². The van der Waals surface area contributed by atoms with Crippen LogP contribution in [0.5, 0.6) is 0 Å². The Balaban J connectivity index is 3.68. The Morgan fingerprint density at radius 2 is 0.800 bits per heavy atom. The third-order valence-corrected chi connectivity index (χ3v) is 7.87. The number of hydrogen-bond acceptors (Lipinski definition) is 5. The molecule has 0 saturated heterocycles. The summed E-state index contributed by atoms with van der Waals surface area (Å²) in [5.74, 6) is -0.650. The number of carbonyl (C=O) groups excluding carboxylic acids is 2. The van der Waals surface area contributed by atoms with E-state index in [0.717, 1.165) is 103 Å². The summed E-state index contributed by atoms with van der Waals surface area (Å²) in [4.78, 5) is 24.3. The van der Waals surface area contributed by atoms with Crippen molar-refractivity contribution in [2.45, 2.75) is 161 Å². The molecule has 50 heavy (non-hydrogen) atoms. The largest absolute Gasteiger partial charge is 0.462 e. The Morgan fingerprint density at radius 3 is 1.22 bits per heavy atom. The lowest BCUT2D eigenvalue weighted by Gasteiger charge is -2.15. The van der Waals surface area contributed by atoms with E-state index in [1.165, 1.54) is 25.7 Å². The Hall–Kier alpha value is -3.18. The number of esters is 2. The fourth-order valence-corrected chi connectivity index (χ4v) is 4.95. The minimum atomic E-state index is -0.799. The van der Waals surface area contributed by atoms with Crippen molar-refractivity contribution in [1.29, 1.82) is 0 Å². The predicted molar refractivity (Wildman–Crippen MR) is 214 cm³/mol. The number of rotatable bonds is 34. The molecule has 5 heteroatoms. The molecule has 0 amide bonds. The first-order valence-electron chi connectivity index (χ1n) is 19.8. The lowest BCUT2D eigenvalue weighted by molar-refractivity contribution is -0.161. The molecule has 0 bridgehead atoms. The van der Waals surface area contributed by atoms with Gasteiger partial charge in [0.1, 0.15) is 6.61 Å². The summed E-state index contributed by atoms with van der Waals surface area (Å²) in [6.07, 6.45) is 56.1. The molecule has 0 radical (unpaired) electrons. The molecule has 5 nitrogen and oxygen atoms in total. The summed E-state index contributed by atoms with van der Waals surface area (Å²) in [5, 5.41) is 9.56. The smallest absolute Gasteiger partial charge is 0.306 e. The number of allylic oxidation sites excluding steroid dienone is 16. The highest BCUT2D eigenvalue weighted by Crippen LogP contribution is 2.11. The van der Waals surface area contributed by atoms with Gasteiger partial charge in [0.25, 0.3) is 0 Å². The van der Waals surface area contributed by atoms with E-state index in [2.05, 4.69) is 111 Å². The third kappa shape index (κ3) is 37.6. The van der Waals surface area contributed by atoms with Crippen LogP contribution >= 0.6 is 0 Å². The summed E-state index contributed by atoms with van der Waals surface area (Å²) < 4.78 is 10.6. The fourth-order valence-electron chi connectivity index (χ4n) is 4.95. The van der Waals surface area contributed by atoms with Crippen molar-refractivity contribution in [3.63, 3.8) is 0 Å². The lowest BCUT2D eigenvalue weighted by atomic mass is 10.1. The predicted octanol–water partition coefficient (Wildman–Crippen LogP) is 12.5. The van der Waals surface area contributed by atoms with Gasteiger partial charge in [0, 0.05) is 12.8 Å². The molecule has 0 aromatic heterocycles. The second-order valence-corrected chi connectivity index (χ2v) is 12.6. The van der Waals surface area contributed by atoms with E-state index in [1.807, 2.05) is 0 Å². The zero-order valence-electron chi connectivity index (χ0n) is 31.9. The number of hydrogen-bond donors (Lipinski definition) is 1.